The molecule has 0 saturated carbocycles. The maximum absolute atomic E-state index is 12.4. The van der Waals surface area contributed by atoms with Crippen molar-refractivity contribution in [3.8, 4) is 0 Å². The fraction of sp³-hybridized carbons (Fsp3) is 0.478. The van der Waals surface area contributed by atoms with Crippen molar-refractivity contribution in [3.63, 3.8) is 0 Å². The fourth-order valence-corrected chi connectivity index (χ4v) is 3.72. The zero-order chi connectivity index (χ0) is 20.1. The number of likely N-dealkylation sites (tertiary alicyclic amines) is 1. The molecular formula is C23H30N2O3. The smallest absolute Gasteiger partial charge is 0.244 e. The van der Waals surface area contributed by atoms with Gasteiger partial charge in [-0.15, -0.1) is 0 Å². The first-order valence-corrected chi connectivity index (χ1v) is 10.2. The summed E-state index contributed by atoms with van der Waals surface area (Å²) in [5.74, 6) is 1.39. The van der Waals surface area contributed by atoms with E-state index >= 15 is 0 Å². The Bertz CT molecular complexity index is 858. The summed E-state index contributed by atoms with van der Waals surface area (Å²) < 4.78 is 5.87. The van der Waals surface area contributed by atoms with Crippen molar-refractivity contribution in [2.75, 3.05) is 13.1 Å². The number of aryl methyl sites for hydroxylation is 1. The quantitative estimate of drug-likeness (QED) is 0.763. The molecule has 1 saturated heterocycles. The molecule has 1 aromatic heterocycles. The molecule has 5 heteroatoms. The molecule has 1 aromatic carbocycles. The zero-order valence-electron chi connectivity index (χ0n) is 17.0. The van der Waals surface area contributed by atoms with Crippen molar-refractivity contribution in [3.05, 3.63) is 41.7 Å². The minimum absolute atomic E-state index is 0.0979. The van der Waals surface area contributed by atoms with E-state index in [1.54, 1.807) is 6.08 Å². The summed E-state index contributed by atoms with van der Waals surface area (Å²) in [6, 6.07) is 8.00. The van der Waals surface area contributed by atoms with Gasteiger partial charge in [0.25, 0.3) is 0 Å². The van der Waals surface area contributed by atoms with Crippen LogP contribution in [0.3, 0.4) is 0 Å². The normalized spacial score (nSPS) is 15.6. The Morgan fingerprint density at radius 1 is 1.25 bits per heavy atom. The van der Waals surface area contributed by atoms with Crippen molar-refractivity contribution in [2.24, 2.45) is 5.92 Å². The molecule has 2 heterocycles. The molecule has 28 heavy (non-hydrogen) atoms. The topological polar surface area (TPSA) is 62.6 Å². The Labute approximate surface area is 166 Å². The molecule has 3 rings (SSSR count). The van der Waals surface area contributed by atoms with Gasteiger partial charge in [0.05, 0.1) is 0 Å². The van der Waals surface area contributed by atoms with Gasteiger partial charge in [-0.2, -0.15) is 0 Å². The van der Waals surface area contributed by atoms with E-state index in [1.165, 1.54) is 0 Å². The number of rotatable bonds is 6. The van der Waals surface area contributed by atoms with Gasteiger partial charge >= 0.3 is 0 Å². The highest BCUT2D eigenvalue weighted by Gasteiger charge is 2.23. The SMILES string of the molecule is CCc1oc2ccccc2c1C=CC(=O)NC1CCN(C(=O)CC(C)C)CC1. The lowest BCUT2D eigenvalue weighted by Crippen LogP contribution is -2.46. The lowest BCUT2D eigenvalue weighted by Gasteiger charge is -2.32. The number of carbonyl (C=O) groups is 2. The van der Waals surface area contributed by atoms with Crippen LogP contribution in [0.5, 0.6) is 0 Å². The minimum Gasteiger partial charge on any atom is -0.460 e. The second-order valence-corrected chi connectivity index (χ2v) is 7.88. The molecular weight excluding hydrogens is 352 g/mol. The van der Waals surface area contributed by atoms with Crippen LogP contribution in [-0.4, -0.2) is 35.8 Å². The number of piperidine rings is 1. The Morgan fingerprint density at radius 2 is 1.96 bits per heavy atom. The largest absolute Gasteiger partial charge is 0.460 e. The number of benzene rings is 1. The van der Waals surface area contributed by atoms with Crippen LogP contribution in [0.1, 0.15) is 51.4 Å². The van der Waals surface area contributed by atoms with Crippen molar-refractivity contribution in [1.82, 2.24) is 10.2 Å². The molecule has 0 bridgehead atoms. The number of fused-ring (bicyclic) bond motifs is 1. The van der Waals surface area contributed by atoms with Crippen LogP contribution >= 0.6 is 0 Å². The van der Waals surface area contributed by atoms with Crippen LogP contribution in [0.15, 0.2) is 34.8 Å². The van der Waals surface area contributed by atoms with Gasteiger partial charge in [0.1, 0.15) is 11.3 Å². The number of hydrogen-bond acceptors (Lipinski definition) is 3. The average molecular weight is 383 g/mol. The van der Waals surface area contributed by atoms with E-state index in [4.69, 9.17) is 4.42 Å². The molecule has 0 unspecified atom stereocenters. The molecule has 0 spiro atoms. The number of furan rings is 1. The average Bonchev–Trinajstić information content (AvgIpc) is 3.04. The van der Waals surface area contributed by atoms with Gasteiger partial charge in [-0.3, -0.25) is 9.59 Å². The van der Waals surface area contributed by atoms with Gasteiger partial charge in [0.2, 0.25) is 11.8 Å². The molecule has 1 fully saturated rings. The van der Waals surface area contributed by atoms with E-state index in [2.05, 4.69) is 19.2 Å². The number of para-hydroxylation sites is 1. The third kappa shape index (κ3) is 4.83. The van der Waals surface area contributed by atoms with Gasteiger partial charge < -0.3 is 14.6 Å². The summed E-state index contributed by atoms with van der Waals surface area (Å²) in [6.07, 6.45) is 6.42. The Kier molecular flexibility index (Phi) is 6.55. The highest BCUT2D eigenvalue weighted by Crippen LogP contribution is 2.27. The number of amides is 2. The third-order valence-corrected chi connectivity index (χ3v) is 5.21. The molecule has 2 aromatic rings. The number of nitrogens with one attached hydrogen (secondary N) is 1. The first kappa shape index (κ1) is 20.2. The second kappa shape index (κ2) is 9.09. The number of nitrogens with zero attached hydrogens (tertiary/aromatic N) is 1. The van der Waals surface area contributed by atoms with Crippen LogP contribution < -0.4 is 5.32 Å². The predicted octanol–water partition coefficient (Wildman–Crippen LogP) is 4.16. The van der Waals surface area contributed by atoms with Crippen LogP contribution in [0, 0.1) is 5.92 Å². The third-order valence-electron chi connectivity index (χ3n) is 5.21. The summed E-state index contributed by atoms with van der Waals surface area (Å²) in [5.41, 5.74) is 1.82. The van der Waals surface area contributed by atoms with Crippen LogP contribution in [0.4, 0.5) is 0 Å². The summed E-state index contributed by atoms with van der Waals surface area (Å²) in [6.45, 7) is 7.59. The summed E-state index contributed by atoms with van der Waals surface area (Å²) >= 11 is 0. The summed E-state index contributed by atoms with van der Waals surface area (Å²) in [5, 5.41) is 4.10. The summed E-state index contributed by atoms with van der Waals surface area (Å²) in [4.78, 5) is 26.5. The number of hydrogen-bond donors (Lipinski definition) is 1. The monoisotopic (exact) mass is 382 g/mol. The van der Waals surface area contributed by atoms with E-state index in [0.717, 1.165) is 41.6 Å². The van der Waals surface area contributed by atoms with Gasteiger partial charge in [0.15, 0.2) is 0 Å². The maximum Gasteiger partial charge on any atom is 0.244 e. The number of carbonyl (C=O) groups excluding carboxylic acids is 2. The standard InChI is InChI=1S/C23H30N2O3/c1-4-20-19(18-7-5-6-8-21(18)28-20)9-10-22(26)24-17-11-13-25(14-12-17)23(27)15-16(2)3/h5-10,16-17H,4,11-15H2,1-3H3,(H,24,26). The van der Waals surface area contributed by atoms with Crippen molar-refractivity contribution in [1.29, 1.82) is 0 Å². The van der Waals surface area contributed by atoms with Gasteiger partial charge in [-0.25, -0.2) is 0 Å². The van der Waals surface area contributed by atoms with E-state index in [-0.39, 0.29) is 17.9 Å². The fourth-order valence-electron chi connectivity index (χ4n) is 3.72. The molecule has 2 amide bonds. The van der Waals surface area contributed by atoms with Gasteiger partial charge in [0, 0.05) is 49.0 Å². The van der Waals surface area contributed by atoms with E-state index < -0.39 is 0 Å². The molecule has 1 N–H and O–H groups in total. The Balaban J connectivity index is 1.56. The first-order chi connectivity index (χ1) is 13.5. The van der Waals surface area contributed by atoms with E-state index in [0.29, 0.717) is 25.4 Å². The van der Waals surface area contributed by atoms with Crippen LogP contribution in [0.25, 0.3) is 17.0 Å². The van der Waals surface area contributed by atoms with Gasteiger partial charge in [-0.05, 0) is 30.9 Å². The lowest BCUT2D eigenvalue weighted by molar-refractivity contribution is -0.133. The zero-order valence-corrected chi connectivity index (χ0v) is 17.0. The first-order valence-electron chi connectivity index (χ1n) is 10.2. The highest BCUT2D eigenvalue weighted by atomic mass is 16.3. The molecule has 0 atom stereocenters. The lowest BCUT2D eigenvalue weighted by atomic mass is 10.0. The molecule has 150 valence electrons. The molecule has 5 nitrogen and oxygen atoms in total. The van der Waals surface area contributed by atoms with E-state index in [9.17, 15) is 9.59 Å². The highest BCUT2D eigenvalue weighted by molar-refractivity contribution is 5.96. The van der Waals surface area contributed by atoms with Crippen LogP contribution in [-0.2, 0) is 16.0 Å². The molecule has 1 aliphatic heterocycles. The molecule has 0 radical (unpaired) electrons. The van der Waals surface area contributed by atoms with Crippen molar-refractivity contribution < 1.29 is 14.0 Å². The Hall–Kier alpha value is -2.56. The maximum atomic E-state index is 12.4. The Morgan fingerprint density at radius 3 is 2.64 bits per heavy atom. The minimum atomic E-state index is -0.0979. The molecule has 0 aliphatic carbocycles. The second-order valence-electron chi connectivity index (χ2n) is 7.88. The predicted molar refractivity (Wildman–Crippen MR) is 112 cm³/mol. The summed E-state index contributed by atoms with van der Waals surface area (Å²) in [7, 11) is 0. The van der Waals surface area contributed by atoms with Crippen LogP contribution in [0.2, 0.25) is 0 Å². The van der Waals surface area contributed by atoms with Crippen molar-refractivity contribution in [2.45, 2.75) is 52.5 Å². The van der Waals surface area contributed by atoms with Gasteiger partial charge in [-0.1, -0.05) is 39.0 Å². The van der Waals surface area contributed by atoms with E-state index in [1.807, 2.05) is 42.2 Å². The molecule has 1 aliphatic rings. The van der Waals surface area contributed by atoms with Crippen molar-refractivity contribution >= 4 is 28.9 Å².